The van der Waals surface area contributed by atoms with Crippen LogP contribution in [0.5, 0.6) is 0 Å². The maximum absolute atomic E-state index is 12.7. The van der Waals surface area contributed by atoms with E-state index >= 15 is 0 Å². The predicted molar refractivity (Wildman–Crippen MR) is 76.2 cm³/mol. The van der Waals surface area contributed by atoms with Crippen molar-refractivity contribution in [3.8, 4) is 0 Å². The van der Waals surface area contributed by atoms with Crippen molar-refractivity contribution in [1.82, 2.24) is 0 Å². The number of rotatable bonds is 5. The Bertz CT molecular complexity index is 517. The molecular weight excluding hydrogens is 239 g/mol. The maximum atomic E-state index is 12.7. The summed E-state index contributed by atoms with van der Waals surface area (Å²) in [5.74, 6) is -0.248. The molecule has 0 saturated heterocycles. The number of aliphatic hydroxyl groups is 1. The summed E-state index contributed by atoms with van der Waals surface area (Å²) in [6.45, 7) is 0. The van der Waals surface area contributed by atoms with Crippen molar-refractivity contribution in [1.29, 1.82) is 0 Å². The molecule has 0 fully saturated rings. The van der Waals surface area contributed by atoms with E-state index in [2.05, 4.69) is 12.1 Å². The molecule has 0 spiro atoms. The van der Waals surface area contributed by atoms with Gasteiger partial charge < -0.3 is 5.11 Å². The van der Waals surface area contributed by atoms with Gasteiger partial charge in [-0.1, -0.05) is 54.6 Å². The third-order valence-electron chi connectivity index (χ3n) is 2.95. The third kappa shape index (κ3) is 4.68. The number of aryl methyl sites for hydroxylation is 1. The lowest BCUT2D eigenvalue weighted by atomic mass is 10.1. The Morgan fingerprint density at radius 3 is 2.37 bits per heavy atom. The van der Waals surface area contributed by atoms with Gasteiger partial charge in [0.1, 0.15) is 5.82 Å². The van der Waals surface area contributed by atoms with Gasteiger partial charge in [-0.05, 0) is 36.1 Å². The second kappa shape index (κ2) is 6.86. The monoisotopic (exact) mass is 256 g/mol. The van der Waals surface area contributed by atoms with Crippen molar-refractivity contribution >= 4 is 6.08 Å². The minimum absolute atomic E-state index is 0.248. The van der Waals surface area contributed by atoms with E-state index in [1.807, 2.05) is 24.3 Å². The van der Waals surface area contributed by atoms with Crippen LogP contribution in [0, 0.1) is 5.82 Å². The summed E-state index contributed by atoms with van der Waals surface area (Å²) in [6.07, 6.45) is 4.60. The Morgan fingerprint density at radius 2 is 1.68 bits per heavy atom. The summed E-state index contributed by atoms with van der Waals surface area (Å²) in [4.78, 5) is 0. The van der Waals surface area contributed by atoms with Crippen molar-refractivity contribution in [2.24, 2.45) is 0 Å². The minimum atomic E-state index is -0.481. The molecule has 2 heteroatoms. The number of hydrogen-bond acceptors (Lipinski definition) is 1. The molecule has 0 aromatic heterocycles. The maximum Gasteiger partial charge on any atom is 0.123 e. The predicted octanol–water partition coefficient (Wildman–Crippen LogP) is 3.83. The second-order valence-corrected chi connectivity index (χ2v) is 4.50. The zero-order chi connectivity index (χ0) is 13.5. The zero-order valence-corrected chi connectivity index (χ0v) is 10.7. The van der Waals surface area contributed by atoms with Crippen LogP contribution in [0.15, 0.2) is 60.7 Å². The van der Waals surface area contributed by atoms with E-state index in [0.29, 0.717) is 6.42 Å². The molecule has 0 aliphatic heterocycles. The number of benzene rings is 2. The Hall–Kier alpha value is -1.93. The Labute approximate surface area is 113 Å². The van der Waals surface area contributed by atoms with Crippen molar-refractivity contribution in [2.45, 2.75) is 18.9 Å². The second-order valence-electron chi connectivity index (χ2n) is 4.50. The zero-order valence-electron chi connectivity index (χ0n) is 10.7. The molecular formula is C17H17FO. The van der Waals surface area contributed by atoms with Crippen LogP contribution in [0.25, 0.3) is 6.08 Å². The average molecular weight is 256 g/mol. The van der Waals surface area contributed by atoms with Gasteiger partial charge in [-0.2, -0.15) is 0 Å². The lowest BCUT2D eigenvalue weighted by Gasteiger charge is -2.05. The van der Waals surface area contributed by atoms with Crippen LogP contribution in [0.3, 0.4) is 0 Å². The SMILES string of the molecule is OC(/C=C/c1ccc(F)cc1)CCc1ccccc1. The van der Waals surface area contributed by atoms with Crippen LogP contribution in [-0.4, -0.2) is 11.2 Å². The van der Waals surface area contributed by atoms with Gasteiger partial charge in [0.15, 0.2) is 0 Å². The van der Waals surface area contributed by atoms with Crippen molar-refractivity contribution < 1.29 is 9.50 Å². The summed E-state index contributed by atoms with van der Waals surface area (Å²) >= 11 is 0. The van der Waals surface area contributed by atoms with Gasteiger partial charge in [-0.25, -0.2) is 4.39 Å². The van der Waals surface area contributed by atoms with E-state index in [1.54, 1.807) is 18.2 Å². The fraction of sp³-hybridized carbons (Fsp3) is 0.176. The Kier molecular flexibility index (Phi) is 4.87. The van der Waals surface area contributed by atoms with Crippen LogP contribution in [-0.2, 0) is 6.42 Å². The first kappa shape index (κ1) is 13.5. The normalized spacial score (nSPS) is 12.7. The number of aliphatic hydroxyl groups excluding tert-OH is 1. The van der Waals surface area contributed by atoms with Gasteiger partial charge in [0.2, 0.25) is 0 Å². The van der Waals surface area contributed by atoms with Crippen molar-refractivity contribution in [3.63, 3.8) is 0 Å². The van der Waals surface area contributed by atoms with E-state index in [1.165, 1.54) is 17.7 Å². The quantitative estimate of drug-likeness (QED) is 0.862. The molecule has 2 aromatic carbocycles. The van der Waals surface area contributed by atoms with Gasteiger partial charge in [0.05, 0.1) is 6.10 Å². The smallest absolute Gasteiger partial charge is 0.123 e. The highest BCUT2D eigenvalue weighted by Crippen LogP contribution is 2.09. The molecule has 1 nitrogen and oxygen atoms in total. The molecule has 0 saturated carbocycles. The molecule has 98 valence electrons. The molecule has 0 heterocycles. The fourth-order valence-corrected chi connectivity index (χ4v) is 1.85. The topological polar surface area (TPSA) is 20.2 Å². The number of hydrogen-bond donors (Lipinski definition) is 1. The van der Waals surface area contributed by atoms with E-state index in [9.17, 15) is 9.50 Å². The molecule has 0 radical (unpaired) electrons. The molecule has 19 heavy (non-hydrogen) atoms. The average Bonchev–Trinajstić information content (AvgIpc) is 2.45. The van der Waals surface area contributed by atoms with E-state index in [4.69, 9.17) is 0 Å². The van der Waals surface area contributed by atoms with Crippen LogP contribution < -0.4 is 0 Å². The third-order valence-corrected chi connectivity index (χ3v) is 2.95. The fourth-order valence-electron chi connectivity index (χ4n) is 1.85. The summed E-state index contributed by atoms with van der Waals surface area (Å²) in [7, 11) is 0. The molecule has 1 N–H and O–H groups in total. The largest absolute Gasteiger partial charge is 0.389 e. The highest BCUT2D eigenvalue weighted by molar-refractivity contribution is 5.49. The molecule has 2 aromatic rings. The van der Waals surface area contributed by atoms with Gasteiger partial charge >= 0.3 is 0 Å². The lowest BCUT2D eigenvalue weighted by Crippen LogP contribution is -2.03. The van der Waals surface area contributed by atoms with Gasteiger partial charge in [0.25, 0.3) is 0 Å². The molecule has 0 bridgehead atoms. The highest BCUT2D eigenvalue weighted by atomic mass is 19.1. The molecule has 2 rings (SSSR count). The first-order valence-electron chi connectivity index (χ1n) is 6.40. The van der Waals surface area contributed by atoms with Crippen LogP contribution in [0.2, 0.25) is 0 Å². The lowest BCUT2D eigenvalue weighted by molar-refractivity contribution is 0.214. The standard InChI is InChI=1S/C17H17FO/c18-16-10-6-15(7-11-16)9-13-17(19)12-8-14-4-2-1-3-5-14/h1-7,9-11,13,17,19H,8,12H2/b13-9+. The minimum Gasteiger partial charge on any atom is -0.389 e. The van der Waals surface area contributed by atoms with E-state index in [0.717, 1.165) is 12.0 Å². The van der Waals surface area contributed by atoms with Crippen LogP contribution in [0.4, 0.5) is 4.39 Å². The first-order valence-corrected chi connectivity index (χ1v) is 6.40. The van der Waals surface area contributed by atoms with Gasteiger partial charge in [-0.15, -0.1) is 0 Å². The summed E-state index contributed by atoms with van der Waals surface area (Å²) in [5.41, 5.74) is 2.11. The van der Waals surface area contributed by atoms with Gasteiger partial charge in [-0.3, -0.25) is 0 Å². The van der Waals surface area contributed by atoms with Crippen LogP contribution in [0.1, 0.15) is 17.5 Å². The summed E-state index contributed by atoms with van der Waals surface area (Å²) in [5, 5.41) is 9.87. The van der Waals surface area contributed by atoms with Crippen molar-refractivity contribution in [3.05, 3.63) is 77.6 Å². The van der Waals surface area contributed by atoms with E-state index in [-0.39, 0.29) is 5.82 Å². The molecule has 0 aliphatic carbocycles. The highest BCUT2D eigenvalue weighted by Gasteiger charge is 2.00. The first-order chi connectivity index (χ1) is 9.24. The van der Waals surface area contributed by atoms with Crippen molar-refractivity contribution in [2.75, 3.05) is 0 Å². The molecule has 1 unspecified atom stereocenters. The molecule has 1 atom stereocenters. The molecule has 0 amide bonds. The summed E-state index contributed by atoms with van der Waals surface area (Å²) in [6, 6.07) is 16.3. The summed E-state index contributed by atoms with van der Waals surface area (Å²) < 4.78 is 12.7. The van der Waals surface area contributed by atoms with Crippen LogP contribution >= 0.6 is 0 Å². The molecule has 0 aliphatic rings. The van der Waals surface area contributed by atoms with E-state index < -0.39 is 6.10 Å². The Morgan fingerprint density at radius 1 is 1.00 bits per heavy atom. The van der Waals surface area contributed by atoms with Gasteiger partial charge in [0, 0.05) is 0 Å². The Balaban J connectivity index is 1.84. The number of halogens is 1.